The summed E-state index contributed by atoms with van der Waals surface area (Å²) in [5, 5.41) is 18.2. The number of β-amino-alcohol motifs (C(OH)–C–C–N with tert-alkyl or cyclic N) is 1. The summed E-state index contributed by atoms with van der Waals surface area (Å²) in [5.41, 5.74) is -0.739. The van der Waals surface area contributed by atoms with Crippen molar-refractivity contribution in [3.63, 3.8) is 0 Å². The smallest absolute Gasteiger partial charge is 0.222 e. The lowest BCUT2D eigenvalue weighted by Crippen LogP contribution is -2.50. The molecule has 9 nitrogen and oxygen atoms in total. The lowest BCUT2D eigenvalue weighted by molar-refractivity contribution is -0.131. The van der Waals surface area contributed by atoms with Gasteiger partial charge in [-0.15, -0.1) is 0 Å². The fraction of sp³-hybridized carbons (Fsp3) is 0.800. The van der Waals surface area contributed by atoms with Gasteiger partial charge in [-0.25, -0.2) is 4.98 Å². The summed E-state index contributed by atoms with van der Waals surface area (Å²) in [6.07, 6.45) is 8.41. The number of aryl methyl sites for hydroxylation is 1. The molecule has 0 bridgehead atoms. The van der Waals surface area contributed by atoms with E-state index in [9.17, 15) is 14.7 Å². The number of carbonyl (C=O) groups is 2. The van der Waals surface area contributed by atoms with Crippen molar-refractivity contribution in [2.45, 2.75) is 70.1 Å². The van der Waals surface area contributed by atoms with Crippen molar-refractivity contribution in [3.05, 3.63) is 12.7 Å². The summed E-state index contributed by atoms with van der Waals surface area (Å²) >= 11 is 0. The topological polar surface area (TPSA) is 104 Å². The minimum absolute atomic E-state index is 0.0249. The van der Waals surface area contributed by atoms with Gasteiger partial charge in [0.1, 0.15) is 12.7 Å². The number of rotatable bonds is 7. The molecule has 1 aromatic rings. The van der Waals surface area contributed by atoms with Crippen molar-refractivity contribution < 1.29 is 14.7 Å². The normalized spacial score (nSPS) is 24.3. The molecule has 2 fully saturated rings. The van der Waals surface area contributed by atoms with Crippen LogP contribution in [-0.2, 0) is 16.1 Å². The number of aromatic nitrogens is 3. The highest BCUT2D eigenvalue weighted by atomic mass is 16.3. The molecule has 3 heterocycles. The van der Waals surface area contributed by atoms with Crippen molar-refractivity contribution in [3.8, 4) is 0 Å². The molecule has 2 N–H and O–H groups in total. The van der Waals surface area contributed by atoms with Crippen LogP contribution in [0.1, 0.15) is 51.9 Å². The van der Waals surface area contributed by atoms with Gasteiger partial charge in [-0.1, -0.05) is 0 Å². The quantitative estimate of drug-likeness (QED) is 0.680. The van der Waals surface area contributed by atoms with Gasteiger partial charge in [0.2, 0.25) is 11.8 Å². The Balaban J connectivity index is 1.40. The van der Waals surface area contributed by atoms with E-state index in [0.717, 1.165) is 51.7 Å². The molecule has 0 aromatic carbocycles. The van der Waals surface area contributed by atoms with Crippen LogP contribution >= 0.6 is 0 Å². The van der Waals surface area contributed by atoms with E-state index in [0.29, 0.717) is 32.5 Å². The van der Waals surface area contributed by atoms with E-state index in [1.54, 1.807) is 17.9 Å². The van der Waals surface area contributed by atoms with E-state index >= 15 is 0 Å². The molecule has 2 aliphatic heterocycles. The summed E-state index contributed by atoms with van der Waals surface area (Å²) in [6, 6.07) is 0.248. The van der Waals surface area contributed by atoms with Crippen LogP contribution in [0.2, 0.25) is 0 Å². The third kappa shape index (κ3) is 6.78. The first-order valence-corrected chi connectivity index (χ1v) is 10.8. The maximum absolute atomic E-state index is 12.6. The van der Waals surface area contributed by atoms with Crippen LogP contribution in [0, 0.1) is 0 Å². The summed E-state index contributed by atoms with van der Waals surface area (Å²) < 4.78 is 1.74. The molecule has 1 unspecified atom stereocenters. The third-order valence-corrected chi connectivity index (χ3v) is 6.03. The molecule has 1 atom stereocenters. The molecule has 0 spiro atoms. The Kier molecular flexibility index (Phi) is 7.60. The van der Waals surface area contributed by atoms with E-state index in [4.69, 9.17) is 0 Å². The standard InChI is InChI=1S/C20H34N6O3/c1-17(27)23-18-5-11-24(12-6-18)14-20(29)7-3-9-25(13-8-20)19(28)4-2-10-26-16-21-15-22-26/h15-16,18,29H,2-14H2,1H3,(H,23,27). The molecule has 2 aliphatic rings. The SMILES string of the molecule is CC(=O)NC1CCN(CC2(O)CCCN(C(=O)CCCn3cncn3)CC2)CC1. The number of hydrogen-bond acceptors (Lipinski definition) is 6. The zero-order valence-corrected chi connectivity index (χ0v) is 17.4. The highest BCUT2D eigenvalue weighted by Gasteiger charge is 2.34. The maximum Gasteiger partial charge on any atom is 0.222 e. The minimum Gasteiger partial charge on any atom is -0.388 e. The van der Waals surface area contributed by atoms with Gasteiger partial charge in [0, 0.05) is 58.7 Å². The van der Waals surface area contributed by atoms with Crippen molar-refractivity contribution in [1.29, 1.82) is 0 Å². The van der Waals surface area contributed by atoms with Crippen LogP contribution in [0.3, 0.4) is 0 Å². The Morgan fingerprint density at radius 2 is 2.00 bits per heavy atom. The fourth-order valence-electron chi connectivity index (χ4n) is 4.42. The molecular formula is C20H34N6O3. The molecule has 162 valence electrons. The summed E-state index contributed by atoms with van der Waals surface area (Å²) in [6.45, 7) is 6.00. The Bertz CT molecular complexity index is 659. The van der Waals surface area contributed by atoms with Crippen LogP contribution in [0.4, 0.5) is 0 Å². The van der Waals surface area contributed by atoms with E-state index in [-0.39, 0.29) is 17.9 Å². The van der Waals surface area contributed by atoms with E-state index in [1.807, 2.05) is 4.90 Å². The summed E-state index contributed by atoms with van der Waals surface area (Å²) in [4.78, 5) is 31.9. The second-order valence-electron chi connectivity index (χ2n) is 8.47. The zero-order valence-electron chi connectivity index (χ0n) is 17.4. The third-order valence-electron chi connectivity index (χ3n) is 6.03. The molecule has 2 saturated heterocycles. The molecular weight excluding hydrogens is 372 g/mol. The van der Waals surface area contributed by atoms with Gasteiger partial charge in [0.05, 0.1) is 5.60 Å². The van der Waals surface area contributed by atoms with Crippen LogP contribution in [0.25, 0.3) is 0 Å². The zero-order chi connectivity index (χ0) is 20.7. The lowest BCUT2D eigenvalue weighted by Gasteiger charge is -2.38. The Labute approximate surface area is 172 Å². The number of hydrogen-bond donors (Lipinski definition) is 2. The molecule has 1 aromatic heterocycles. The first kappa shape index (κ1) is 21.7. The number of aliphatic hydroxyl groups is 1. The van der Waals surface area contributed by atoms with E-state index < -0.39 is 5.60 Å². The lowest BCUT2D eigenvalue weighted by atomic mass is 9.93. The number of piperidine rings is 1. The highest BCUT2D eigenvalue weighted by molar-refractivity contribution is 5.76. The fourth-order valence-corrected chi connectivity index (χ4v) is 4.42. The minimum atomic E-state index is -0.739. The van der Waals surface area contributed by atoms with Crippen LogP contribution in [-0.4, -0.2) is 85.9 Å². The van der Waals surface area contributed by atoms with Crippen LogP contribution in [0.15, 0.2) is 12.7 Å². The second kappa shape index (κ2) is 10.2. The van der Waals surface area contributed by atoms with Crippen LogP contribution in [0.5, 0.6) is 0 Å². The van der Waals surface area contributed by atoms with Gasteiger partial charge in [-0.05, 0) is 38.5 Å². The van der Waals surface area contributed by atoms with Gasteiger partial charge >= 0.3 is 0 Å². The van der Waals surface area contributed by atoms with Gasteiger partial charge in [-0.3, -0.25) is 14.3 Å². The Hall–Kier alpha value is -2.00. The largest absolute Gasteiger partial charge is 0.388 e. The Morgan fingerprint density at radius 3 is 2.69 bits per heavy atom. The average Bonchev–Trinajstić information content (AvgIpc) is 3.11. The first-order valence-electron chi connectivity index (χ1n) is 10.8. The van der Waals surface area contributed by atoms with Gasteiger partial charge in [-0.2, -0.15) is 5.10 Å². The summed E-state index contributed by atoms with van der Waals surface area (Å²) in [5.74, 6) is 0.183. The molecule has 0 aliphatic carbocycles. The van der Waals surface area contributed by atoms with Gasteiger partial charge in [0.25, 0.3) is 0 Å². The number of nitrogens with zero attached hydrogens (tertiary/aromatic N) is 5. The molecule has 0 saturated carbocycles. The van der Waals surface area contributed by atoms with Crippen molar-refractivity contribution in [2.24, 2.45) is 0 Å². The van der Waals surface area contributed by atoms with Crippen molar-refractivity contribution >= 4 is 11.8 Å². The van der Waals surface area contributed by atoms with Crippen molar-refractivity contribution in [1.82, 2.24) is 29.9 Å². The van der Waals surface area contributed by atoms with Crippen LogP contribution < -0.4 is 5.32 Å². The Morgan fingerprint density at radius 1 is 1.21 bits per heavy atom. The van der Waals surface area contributed by atoms with Crippen molar-refractivity contribution in [2.75, 3.05) is 32.7 Å². The molecule has 29 heavy (non-hydrogen) atoms. The first-order chi connectivity index (χ1) is 13.9. The molecule has 3 rings (SSSR count). The predicted molar refractivity (Wildman–Crippen MR) is 108 cm³/mol. The monoisotopic (exact) mass is 406 g/mol. The van der Waals surface area contributed by atoms with Gasteiger partial charge in [0.15, 0.2) is 0 Å². The number of carbonyl (C=O) groups excluding carboxylic acids is 2. The summed E-state index contributed by atoms with van der Waals surface area (Å²) in [7, 11) is 0. The maximum atomic E-state index is 12.6. The predicted octanol–water partition coefficient (Wildman–Crippen LogP) is 0.402. The van der Waals surface area contributed by atoms with E-state index in [2.05, 4.69) is 20.3 Å². The number of nitrogens with one attached hydrogen (secondary N) is 1. The average molecular weight is 407 g/mol. The molecule has 9 heteroatoms. The van der Waals surface area contributed by atoms with Gasteiger partial charge < -0.3 is 20.2 Å². The highest BCUT2D eigenvalue weighted by Crippen LogP contribution is 2.25. The van der Waals surface area contributed by atoms with E-state index in [1.165, 1.54) is 6.33 Å². The number of amides is 2. The second-order valence-corrected chi connectivity index (χ2v) is 8.47. The molecule has 2 amide bonds. The molecule has 0 radical (unpaired) electrons. The number of likely N-dealkylation sites (tertiary alicyclic amines) is 2.